The van der Waals surface area contributed by atoms with E-state index < -0.39 is 0 Å². The predicted octanol–water partition coefficient (Wildman–Crippen LogP) is 2.65. The minimum Gasteiger partial charge on any atom is -0.373 e. The molecule has 1 amide bonds. The smallest absolute Gasteiger partial charge is 0.271 e. The fourth-order valence-electron chi connectivity index (χ4n) is 1.46. The molecule has 1 aromatic heterocycles. The lowest BCUT2D eigenvalue weighted by atomic mass is 10.2. The lowest BCUT2D eigenvalue weighted by molar-refractivity contribution is 0.0935. The van der Waals surface area contributed by atoms with Crippen molar-refractivity contribution in [1.29, 1.82) is 0 Å². The molecule has 0 saturated heterocycles. The molecule has 0 bridgehead atoms. The summed E-state index contributed by atoms with van der Waals surface area (Å²) in [6, 6.07) is 3.55. The van der Waals surface area contributed by atoms with Crippen molar-refractivity contribution in [2.24, 2.45) is 0 Å². The monoisotopic (exact) mass is 287 g/mol. The van der Waals surface area contributed by atoms with Gasteiger partial charge in [0.2, 0.25) is 0 Å². The fraction of sp³-hybridized carbons (Fsp3) is 0.500. The van der Waals surface area contributed by atoms with Gasteiger partial charge in [0.25, 0.3) is 5.91 Å². The molecule has 2 N–H and O–H groups in total. The average molecular weight is 288 g/mol. The Morgan fingerprint density at radius 1 is 1.56 bits per heavy atom. The maximum absolute atomic E-state index is 12.1. The summed E-state index contributed by atoms with van der Waals surface area (Å²) in [7, 11) is 1.75. The molecule has 1 rings (SSSR count). The molecule has 0 aromatic carbocycles. The third kappa shape index (κ3) is 4.07. The Labute approximate surface area is 117 Å². The zero-order chi connectivity index (χ0) is 13.5. The molecule has 100 valence electrons. The zero-order valence-electron chi connectivity index (χ0n) is 10.8. The molecule has 0 radical (unpaired) electrons. The molecule has 0 aliphatic rings. The Morgan fingerprint density at radius 2 is 2.28 bits per heavy atom. The van der Waals surface area contributed by atoms with Gasteiger partial charge in [-0.1, -0.05) is 18.5 Å². The highest BCUT2D eigenvalue weighted by atomic mass is 35.5. The van der Waals surface area contributed by atoms with E-state index >= 15 is 0 Å². The van der Waals surface area contributed by atoms with Crippen LogP contribution in [0.1, 0.15) is 23.8 Å². The molecule has 0 fully saturated rings. The Kier molecular flexibility index (Phi) is 6.29. The molecule has 0 spiro atoms. The van der Waals surface area contributed by atoms with Gasteiger partial charge in [-0.25, -0.2) is 4.98 Å². The zero-order valence-corrected chi connectivity index (χ0v) is 12.4. The quantitative estimate of drug-likeness (QED) is 0.845. The van der Waals surface area contributed by atoms with Gasteiger partial charge in [-0.2, -0.15) is 11.8 Å². The third-order valence-corrected chi connectivity index (χ3v) is 3.55. The Morgan fingerprint density at radius 3 is 2.83 bits per heavy atom. The third-order valence-electron chi connectivity index (χ3n) is 2.51. The number of hydrogen-bond donors (Lipinski definition) is 2. The van der Waals surface area contributed by atoms with E-state index in [0.29, 0.717) is 10.8 Å². The number of anilines is 1. The highest BCUT2D eigenvalue weighted by Gasteiger charge is 2.16. The lowest BCUT2D eigenvalue weighted by Gasteiger charge is -2.16. The summed E-state index contributed by atoms with van der Waals surface area (Å²) >= 11 is 7.70. The normalized spacial score (nSPS) is 12.0. The van der Waals surface area contributed by atoms with E-state index in [1.807, 2.05) is 13.2 Å². The minimum atomic E-state index is -0.224. The standard InChI is InChI=1S/C12H18ClN3OS/c1-4-8(7-18-3)15-12(17)11-9(13)5-6-10(14-2)16-11/h5-6,8H,4,7H2,1-3H3,(H,14,16)(H,15,17). The van der Waals surface area contributed by atoms with E-state index in [1.165, 1.54) is 0 Å². The number of nitrogens with zero attached hydrogens (tertiary/aromatic N) is 1. The molecule has 1 atom stereocenters. The van der Waals surface area contributed by atoms with Gasteiger partial charge in [0.1, 0.15) is 11.5 Å². The Balaban J connectivity index is 2.82. The number of rotatable bonds is 6. The number of carbonyl (C=O) groups is 1. The first-order valence-electron chi connectivity index (χ1n) is 5.76. The van der Waals surface area contributed by atoms with Crippen LogP contribution in [0.2, 0.25) is 5.02 Å². The van der Waals surface area contributed by atoms with Crippen LogP contribution in [0.4, 0.5) is 5.82 Å². The van der Waals surface area contributed by atoms with Crippen LogP contribution < -0.4 is 10.6 Å². The summed E-state index contributed by atoms with van der Waals surface area (Å²) in [5, 5.41) is 6.20. The number of amides is 1. The van der Waals surface area contributed by atoms with Gasteiger partial charge in [-0.15, -0.1) is 0 Å². The number of thioether (sulfide) groups is 1. The lowest BCUT2D eigenvalue weighted by Crippen LogP contribution is -2.36. The number of hydrogen-bond acceptors (Lipinski definition) is 4. The predicted molar refractivity (Wildman–Crippen MR) is 78.7 cm³/mol. The van der Waals surface area contributed by atoms with Gasteiger partial charge >= 0.3 is 0 Å². The second kappa shape index (κ2) is 7.48. The van der Waals surface area contributed by atoms with Crippen molar-refractivity contribution in [3.05, 3.63) is 22.8 Å². The summed E-state index contributed by atoms with van der Waals surface area (Å²) in [6.45, 7) is 2.04. The summed E-state index contributed by atoms with van der Waals surface area (Å²) in [5.41, 5.74) is 0.267. The van der Waals surface area contributed by atoms with Crippen LogP contribution in [0, 0.1) is 0 Å². The van der Waals surface area contributed by atoms with E-state index in [2.05, 4.69) is 15.6 Å². The van der Waals surface area contributed by atoms with Gasteiger partial charge in [-0.05, 0) is 24.8 Å². The molecule has 6 heteroatoms. The van der Waals surface area contributed by atoms with Crippen molar-refractivity contribution < 1.29 is 4.79 Å². The highest BCUT2D eigenvalue weighted by molar-refractivity contribution is 7.98. The van der Waals surface area contributed by atoms with Crippen LogP contribution in [0.5, 0.6) is 0 Å². The molecular weight excluding hydrogens is 270 g/mol. The minimum absolute atomic E-state index is 0.142. The largest absolute Gasteiger partial charge is 0.373 e. The average Bonchev–Trinajstić information content (AvgIpc) is 2.38. The van der Waals surface area contributed by atoms with Gasteiger partial charge in [-0.3, -0.25) is 4.79 Å². The van der Waals surface area contributed by atoms with Gasteiger partial charge in [0.05, 0.1) is 5.02 Å². The first kappa shape index (κ1) is 15.1. The fourth-order valence-corrected chi connectivity index (χ4v) is 2.37. The van der Waals surface area contributed by atoms with Crippen molar-refractivity contribution in [2.75, 3.05) is 24.4 Å². The molecule has 0 aliphatic heterocycles. The topological polar surface area (TPSA) is 54.0 Å². The number of aromatic nitrogens is 1. The first-order chi connectivity index (χ1) is 8.62. The van der Waals surface area contributed by atoms with Crippen LogP contribution in [0.15, 0.2) is 12.1 Å². The first-order valence-corrected chi connectivity index (χ1v) is 7.53. The molecule has 1 heterocycles. The van der Waals surface area contributed by atoms with Crippen molar-refractivity contribution in [3.8, 4) is 0 Å². The molecule has 0 aliphatic carbocycles. The van der Waals surface area contributed by atoms with Crippen molar-refractivity contribution in [2.45, 2.75) is 19.4 Å². The molecule has 1 aromatic rings. The van der Waals surface area contributed by atoms with Gasteiger partial charge < -0.3 is 10.6 Å². The van der Waals surface area contributed by atoms with E-state index in [9.17, 15) is 4.79 Å². The van der Waals surface area contributed by atoms with Crippen LogP contribution in [0.25, 0.3) is 0 Å². The highest BCUT2D eigenvalue weighted by Crippen LogP contribution is 2.16. The van der Waals surface area contributed by atoms with Crippen LogP contribution >= 0.6 is 23.4 Å². The summed E-state index contributed by atoms with van der Waals surface area (Å²) in [5.74, 6) is 1.28. The second-order valence-electron chi connectivity index (χ2n) is 3.81. The van der Waals surface area contributed by atoms with Gasteiger partial charge in [0.15, 0.2) is 0 Å². The summed E-state index contributed by atoms with van der Waals surface area (Å²) < 4.78 is 0. The van der Waals surface area contributed by atoms with Crippen molar-refractivity contribution in [3.63, 3.8) is 0 Å². The van der Waals surface area contributed by atoms with E-state index in [-0.39, 0.29) is 17.6 Å². The van der Waals surface area contributed by atoms with Crippen LogP contribution in [-0.4, -0.2) is 36.0 Å². The number of halogens is 1. The van der Waals surface area contributed by atoms with E-state index in [0.717, 1.165) is 12.2 Å². The van der Waals surface area contributed by atoms with Crippen molar-refractivity contribution in [1.82, 2.24) is 10.3 Å². The van der Waals surface area contributed by atoms with Crippen molar-refractivity contribution >= 4 is 35.1 Å². The van der Waals surface area contributed by atoms with Crippen LogP contribution in [-0.2, 0) is 0 Å². The van der Waals surface area contributed by atoms with Crippen LogP contribution in [0.3, 0.4) is 0 Å². The SMILES string of the molecule is CCC(CSC)NC(=O)c1nc(NC)ccc1Cl. The van der Waals surface area contributed by atoms with E-state index in [4.69, 9.17) is 11.6 Å². The molecule has 18 heavy (non-hydrogen) atoms. The number of pyridine rings is 1. The molecule has 4 nitrogen and oxygen atoms in total. The number of nitrogens with one attached hydrogen (secondary N) is 2. The number of carbonyl (C=O) groups excluding carboxylic acids is 1. The Hall–Kier alpha value is -0.940. The second-order valence-corrected chi connectivity index (χ2v) is 5.13. The van der Waals surface area contributed by atoms with Gasteiger partial charge in [0, 0.05) is 18.8 Å². The molecule has 1 unspecified atom stereocenters. The summed E-state index contributed by atoms with van der Waals surface area (Å²) in [4.78, 5) is 16.3. The summed E-state index contributed by atoms with van der Waals surface area (Å²) in [6.07, 6.45) is 2.90. The van der Waals surface area contributed by atoms with E-state index in [1.54, 1.807) is 30.9 Å². The maximum atomic E-state index is 12.1. The Bertz CT molecular complexity index is 414. The molecule has 0 saturated carbocycles. The maximum Gasteiger partial charge on any atom is 0.271 e. The molecular formula is C12H18ClN3OS.